The van der Waals surface area contributed by atoms with Crippen molar-refractivity contribution in [2.45, 2.75) is 135 Å². The van der Waals surface area contributed by atoms with Crippen LogP contribution in [0.1, 0.15) is 98.2 Å². The summed E-state index contributed by atoms with van der Waals surface area (Å²) < 4.78 is 12.5. The van der Waals surface area contributed by atoms with Crippen LogP contribution in [0.2, 0.25) is 5.82 Å². The van der Waals surface area contributed by atoms with Crippen LogP contribution in [0.25, 0.3) is 10.4 Å². The minimum absolute atomic E-state index is 0.0354. The maximum Gasteiger partial charge on any atom is 0.461 e. The lowest BCUT2D eigenvalue weighted by atomic mass is 9.65. The van der Waals surface area contributed by atoms with E-state index < -0.39 is 40.3 Å². The van der Waals surface area contributed by atoms with Crippen LogP contribution < -0.4 is 10.6 Å². The molecule has 0 bridgehead atoms. The van der Waals surface area contributed by atoms with Crippen LogP contribution in [0, 0.1) is 12.3 Å². The van der Waals surface area contributed by atoms with E-state index in [1.165, 1.54) is 4.90 Å². The normalized spacial score (nSPS) is 26.2. The number of likely N-dealkylation sites (tertiary alicyclic amines) is 1. The molecule has 1 saturated carbocycles. The quantitative estimate of drug-likeness (QED) is 0.321. The van der Waals surface area contributed by atoms with Crippen molar-refractivity contribution in [2.75, 3.05) is 6.54 Å². The second-order valence-electron chi connectivity index (χ2n) is 16.5. The predicted octanol–water partition coefficient (Wildman–Crippen LogP) is 5.29. The van der Waals surface area contributed by atoms with Gasteiger partial charge in [-0.25, -0.2) is 4.98 Å². The van der Waals surface area contributed by atoms with E-state index in [1.807, 2.05) is 67.0 Å². The Bertz CT molecular complexity index is 1610. The first kappa shape index (κ1) is 35.8. The van der Waals surface area contributed by atoms with Gasteiger partial charge >= 0.3 is 7.12 Å². The minimum atomic E-state index is -0.889. The smallest absolute Gasteiger partial charge is 0.403 e. The highest BCUT2D eigenvalue weighted by molar-refractivity contribution is 7.13. The van der Waals surface area contributed by atoms with Gasteiger partial charge in [0.15, 0.2) is 0 Å². The highest BCUT2D eigenvalue weighted by atomic mass is 32.1. The molecule has 2 aliphatic heterocycles. The van der Waals surface area contributed by atoms with Gasteiger partial charge in [-0.2, -0.15) is 0 Å². The van der Waals surface area contributed by atoms with Crippen molar-refractivity contribution in [1.82, 2.24) is 20.5 Å². The summed E-state index contributed by atoms with van der Waals surface area (Å²) in [7, 11) is -0.332. The van der Waals surface area contributed by atoms with Crippen molar-refractivity contribution in [1.29, 1.82) is 0 Å². The number of hydrogen-bond donors (Lipinski definition) is 3. The molecular formula is C37H51BN4O6S. The Morgan fingerprint density at radius 3 is 2.27 bits per heavy atom. The molecule has 2 aliphatic carbocycles. The molecule has 264 valence electrons. The Kier molecular flexibility index (Phi) is 9.43. The first-order valence-corrected chi connectivity index (χ1v) is 18.5. The van der Waals surface area contributed by atoms with Gasteiger partial charge < -0.3 is 29.9 Å². The molecule has 10 nitrogen and oxygen atoms in total. The van der Waals surface area contributed by atoms with E-state index in [2.05, 4.69) is 39.9 Å². The molecule has 6 rings (SSSR count). The number of rotatable bonds is 8. The number of benzene rings is 1. The van der Waals surface area contributed by atoms with Gasteiger partial charge in [0.05, 0.1) is 38.9 Å². The van der Waals surface area contributed by atoms with Crippen LogP contribution in [0.3, 0.4) is 0 Å². The molecule has 0 spiro atoms. The zero-order valence-electron chi connectivity index (χ0n) is 30.1. The highest BCUT2D eigenvalue weighted by Crippen LogP contribution is 2.47. The summed E-state index contributed by atoms with van der Waals surface area (Å²) >= 11 is 1.60. The van der Waals surface area contributed by atoms with Gasteiger partial charge in [-0.3, -0.25) is 14.4 Å². The number of aromatic nitrogens is 1. The van der Waals surface area contributed by atoms with Crippen LogP contribution in [-0.2, 0) is 29.2 Å². The lowest BCUT2D eigenvalue weighted by molar-refractivity contribution is -0.143. The molecule has 2 saturated heterocycles. The van der Waals surface area contributed by atoms with Gasteiger partial charge in [-0.1, -0.05) is 51.1 Å². The summed E-state index contributed by atoms with van der Waals surface area (Å²) in [4.78, 5) is 48.6. The number of amides is 3. The largest absolute Gasteiger partial charge is 0.461 e. The summed E-state index contributed by atoms with van der Waals surface area (Å²) in [6.07, 6.45) is 4.77. The Morgan fingerprint density at radius 2 is 1.73 bits per heavy atom. The molecular weight excluding hydrogens is 639 g/mol. The molecule has 1 aromatic heterocycles. The van der Waals surface area contributed by atoms with E-state index in [0.29, 0.717) is 18.4 Å². The van der Waals surface area contributed by atoms with Crippen molar-refractivity contribution in [3.8, 4) is 10.4 Å². The Hall–Kier alpha value is -3.06. The molecule has 3 N–H and O–H groups in total. The van der Waals surface area contributed by atoms with Crippen molar-refractivity contribution >= 4 is 36.2 Å². The van der Waals surface area contributed by atoms with Crippen LogP contribution >= 0.6 is 11.3 Å². The van der Waals surface area contributed by atoms with Gasteiger partial charge in [0.2, 0.25) is 17.7 Å². The second-order valence-corrected chi connectivity index (χ2v) is 17.3. The number of carbonyl (C=O) groups excluding carboxylic acids is 3. The number of aryl methyl sites for hydroxylation is 1. The van der Waals surface area contributed by atoms with Crippen molar-refractivity contribution in [3.63, 3.8) is 0 Å². The average molecular weight is 691 g/mol. The number of nitrogens with one attached hydrogen (secondary N) is 2. The van der Waals surface area contributed by atoms with Crippen LogP contribution in [0.15, 0.2) is 41.4 Å². The minimum Gasteiger partial charge on any atom is -0.403 e. The molecule has 3 fully saturated rings. The number of allylic oxidation sites excluding steroid dienone is 1. The van der Waals surface area contributed by atoms with Gasteiger partial charge in [-0.05, 0) is 89.1 Å². The fraction of sp³-hybridized carbons (Fsp3) is 0.622. The predicted molar refractivity (Wildman–Crippen MR) is 191 cm³/mol. The first-order valence-electron chi connectivity index (χ1n) is 17.6. The van der Waals surface area contributed by atoms with E-state index in [1.54, 1.807) is 11.3 Å². The van der Waals surface area contributed by atoms with Gasteiger partial charge in [0.25, 0.3) is 0 Å². The average Bonchev–Trinajstić information content (AvgIpc) is 3.39. The van der Waals surface area contributed by atoms with Gasteiger partial charge in [0.1, 0.15) is 12.1 Å². The highest BCUT2D eigenvalue weighted by Gasteiger charge is 2.54. The van der Waals surface area contributed by atoms with Crippen LogP contribution in [0.5, 0.6) is 0 Å². The SMILES string of the molecule is Cc1ncsc1-c1ccc(C2(NC(=O)[C@@H]3C[C@@H](O)CN3C(=O)[C@@H](NC(=O)C3=CCC(B4OC(C)(C)C(C)(C)O4)CC3)C(C)(C)C)CC2)cc1. The monoisotopic (exact) mass is 690 g/mol. The molecule has 1 unspecified atom stereocenters. The molecule has 2 aromatic rings. The molecule has 12 heteroatoms. The lowest BCUT2D eigenvalue weighted by Crippen LogP contribution is -2.58. The zero-order valence-corrected chi connectivity index (χ0v) is 30.9. The number of hydrogen-bond acceptors (Lipinski definition) is 8. The topological polar surface area (TPSA) is 130 Å². The van der Waals surface area contributed by atoms with E-state index in [-0.39, 0.29) is 43.6 Å². The van der Waals surface area contributed by atoms with Gasteiger partial charge in [0, 0.05) is 18.5 Å². The maximum atomic E-state index is 14.2. The third-order valence-corrected chi connectivity index (χ3v) is 12.2. The number of aliphatic hydroxyl groups excluding tert-OH is 1. The molecule has 3 heterocycles. The second kappa shape index (κ2) is 12.9. The van der Waals surface area contributed by atoms with E-state index in [0.717, 1.165) is 41.0 Å². The van der Waals surface area contributed by atoms with Crippen molar-refractivity contribution < 1.29 is 28.8 Å². The number of β-amino-alcohol motifs (C(OH)–C–C–N with tert-alkyl or cyclic N) is 1. The Balaban J connectivity index is 1.11. The number of thiazole rings is 1. The number of aliphatic hydroxyl groups is 1. The number of nitrogens with zero attached hydrogens (tertiary/aromatic N) is 2. The van der Waals surface area contributed by atoms with Gasteiger partial charge in [-0.15, -0.1) is 11.3 Å². The van der Waals surface area contributed by atoms with Crippen LogP contribution in [0.4, 0.5) is 0 Å². The first-order chi connectivity index (χ1) is 22.9. The van der Waals surface area contributed by atoms with E-state index in [4.69, 9.17) is 9.31 Å². The molecule has 1 aromatic carbocycles. The number of carbonyl (C=O) groups is 3. The van der Waals surface area contributed by atoms with E-state index in [9.17, 15) is 19.5 Å². The fourth-order valence-electron chi connectivity index (χ4n) is 7.18. The van der Waals surface area contributed by atoms with Crippen molar-refractivity contribution in [3.05, 3.63) is 52.7 Å². The third-order valence-electron chi connectivity index (χ3n) is 11.2. The summed E-state index contributed by atoms with van der Waals surface area (Å²) in [6.45, 7) is 15.9. The van der Waals surface area contributed by atoms with Crippen molar-refractivity contribution in [2.24, 2.45) is 5.41 Å². The zero-order chi connectivity index (χ0) is 35.5. The Morgan fingerprint density at radius 1 is 1.08 bits per heavy atom. The maximum absolute atomic E-state index is 14.2. The third kappa shape index (κ3) is 7.11. The Labute approximate surface area is 294 Å². The summed E-state index contributed by atoms with van der Waals surface area (Å²) in [5, 5.41) is 16.9. The molecule has 0 radical (unpaired) electrons. The summed E-state index contributed by atoms with van der Waals surface area (Å²) in [5.74, 6) is -0.792. The molecule has 4 atom stereocenters. The summed E-state index contributed by atoms with van der Waals surface area (Å²) in [6, 6.07) is 6.50. The standard InChI is InChI=1S/C37H51BN4O6S/c1-22-29(49-21-39-22)23-9-13-25(14-10-23)37(17-18-37)41-32(45)28-19-27(43)20-42(28)33(46)30(34(2,3)4)40-31(44)24-11-15-26(16-12-24)38-47-35(5,6)36(7,8)48-38/h9-11,13-14,21,26-28,30,43H,12,15-20H2,1-8H3,(H,40,44)(H,41,45)/t26?,27-,28+,30-/m1/s1. The lowest BCUT2D eigenvalue weighted by Gasteiger charge is -2.36. The van der Waals surface area contributed by atoms with E-state index >= 15 is 0 Å². The fourth-order valence-corrected chi connectivity index (χ4v) is 7.99. The van der Waals surface area contributed by atoms with Crippen LogP contribution in [-0.4, -0.2) is 75.8 Å². The molecule has 3 amide bonds. The summed E-state index contributed by atoms with van der Waals surface area (Å²) in [5.41, 5.74) is 3.61. The molecule has 49 heavy (non-hydrogen) atoms. The molecule has 4 aliphatic rings.